The summed E-state index contributed by atoms with van der Waals surface area (Å²) in [5.74, 6) is -0.321. The highest BCUT2D eigenvalue weighted by Crippen LogP contribution is 2.36. The van der Waals surface area contributed by atoms with Crippen molar-refractivity contribution in [1.29, 1.82) is 0 Å². The van der Waals surface area contributed by atoms with Gasteiger partial charge in [-0.15, -0.1) is 0 Å². The standard InChI is InChI=1S/C10H10BrN3O2/c11-6-3-7-9(13-8(6)10(15)16)12-5-1-2-14(7)4-5/h3,5H,1-2,4H2,(H,12,13)(H,15,16)/t5-/m0/s1. The summed E-state index contributed by atoms with van der Waals surface area (Å²) in [4.78, 5) is 17.3. The second-order valence-corrected chi connectivity index (χ2v) is 4.92. The third kappa shape index (κ3) is 1.36. The minimum absolute atomic E-state index is 0.0637. The van der Waals surface area contributed by atoms with Crippen LogP contribution >= 0.6 is 15.9 Å². The van der Waals surface area contributed by atoms with E-state index < -0.39 is 5.97 Å². The van der Waals surface area contributed by atoms with Crippen LogP contribution in [-0.2, 0) is 0 Å². The molecule has 0 radical (unpaired) electrons. The molecule has 1 fully saturated rings. The van der Waals surface area contributed by atoms with Gasteiger partial charge in [-0.05, 0) is 28.4 Å². The van der Waals surface area contributed by atoms with E-state index in [1.807, 2.05) is 6.07 Å². The van der Waals surface area contributed by atoms with Gasteiger partial charge in [0.1, 0.15) is 0 Å². The number of carbonyl (C=O) groups is 1. The SMILES string of the molecule is O=C(O)c1nc2c(cc1Br)N1CC[C@@H](C1)N2. The third-order valence-electron chi connectivity index (χ3n) is 3.03. The number of halogens is 1. The van der Waals surface area contributed by atoms with E-state index in [1.54, 1.807) is 0 Å². The number of nitrogens with zero attached hydrogens (tertiary/aromatic N) is 2. The maximum atomic E-state index is 11.0. The molecule has 0 aliphatic carbocycles. The van der Waals surface area contributed by atoms with Crippen LogP contribution in [0.25, 0.3) is 0 Å². The number of carboxylic acids is 1. The Morgan fingerprint density at radius 3 is 3.25 bits per heavy atom. The summed E-state index contributed by atoms with van der Waals surface area (Å²) in [5, 5.41) is 12.3. The average Bonchev–Trinajstić information content (AvgIpc) is 2.62. The third-order valence-corrected chi connectivity index (χ3v) is 3.63. The van der Waals surface area contributed by atoms with E-state index in [1.165, 1.54) is 0 Å². The minimum atomic E-state index is -1.01. The molecule has 3 rings (SSSR count). The lowest BCUT2D eigenvalue weighted by Gasteiger charge is -2.28. The van der Waals surface area contributed by atoms with Crippen molar-refractivity contribution in [2.45, 2.75) is 12.5 Å². The van der Waals surface area contributed by atoms with E-state index in [4.69, 9.17) is 5.11 Å². The van der Waals surface area contributed by atoms with Crippen LogP contribution in [0.5, 0.6) is 0 Å². The molecule has 0 amide bonds. The molecule has 5 nitrogen and oxygen atoms in total. The number of hydrogen-bond donors (Lipinski definition) is 2. The second-order valence-electron chi connectivity index (χ2n) is 4.07. The molecule has 2 N–H and O–H groups in total. The van der Waals surface area contributed by atoms with Crippen LogP contribution in [0.1, 0.15) is 16.9 Å². The fourth-order valence-corrected chi connectivity index (χ4v) is 2.74. The van der Waals surface area contributed by atoms with Gasteiger partial charge in [0.05, 0.1) is 10.2 Å². The lowest BCUT2D eigenvalue weighted by molar-refractivity contribution is 0.0689. The average molecular weight is 284 g/mol. The zero-order valence-corrected chi connectivity index (χ0v) is 9.99. The second kappa shape index (κ2) is 3.35. The number of nitrogens with one attached hydrogen (secondary N) is 1. The van der Waals surface area contributed by atoms with Crippen molar-refractivity contribution in [3.63, 3.8) is 0 Å². The first-order valence-electron chi connectivity index (χ1n) is 5.10. The molecule has 1 aromatic rings. The van der Waals surface area contributed by atoms with Gasteiger partial charge in [-0.3, -0.25) is 0 Å². The van der Waals surface area contributed by atoms with Gasteiger partial charge in [0.15, 0.2) is 11.5 Å². The number of hydrogen-bond acceptors (Lipinski definition) is 4. The van der Waals surface area contributed by atoms with E-state index >= 15 is 0 Å². The summed E-state index contributed by atoms with van der Waals surface area (Å²) >= 11 is 3.25. The van der Waals surface area contributed by atoms with Crippen LogP contribution in [0.3, 0.4) is 0 Å². The first kappa shape index (κ1) is 9.89. The van der Waals surface area contributed by atoms with Crippen molar-refractivity contribution in [1.82, 2.24) is 4.98 Å². The number of anilines is 2. The Morgan fingerprint density at radius 2 is 2.50 bits per heavy atom. The Morgan fingerprint density at radius 1 is 1.69 bits per heavy atom. The van der Waals surface area contributed by atoms with Gasteiger partial charge < -0.3 is 15.3 Å². The van der Waals surface area contributed by atoms with Gasteiger partial charge in [-0.1, -0.05) is 0 Å². The van der Waals surface area contributed by atoms with Gasteiger partial charge >= 0.3 is 5.97 Å². The highest BCUT2D eigenvalue weighted by molar-refractivity contribution is 9.10. The number of rotatable bonds is 1. The van der Waals surface area contributed by atoms with Crippen molar-refractivity contribution < 1.29 is 9.90 Å². The molecule has 0 spiro atoms. The summed E-state index contributed by atoms with van der Waals surface area (Å²) in [6, 6.07) is 2.24. The summed E-state index contributed by atoms with van der Waals surface area (Å²) in [5.41, 5.74) is 1.05. The lowest BCUT2D eigenvalue weighted by Crippen LogP contribution is -2.32. The number of pyridine rings is 1. The molecule has 2 aliphatic rings. The van der Waals surface area contributed by atoms with E-state index in [0.717, 1.165) is 25.2 Å². The highest BCUT2D eigenvalue weighted by Gasteiger charge is 2.31. The topological polar surface area (TPSA) is 65.5 Å². The molecule has 6 heteroatoms. The number of carboxylic acid groups (broad SMARTS) is 1. The Balaban J connectivity index is 2.13. The molecule has 16 heavy (non-hydrogen) atoms. The summed E-state index contributed by atoms with van der Waals surface area (Å²) < 4.78 is 0.533. The molecule has 1 atom stereocenters. The molecule has 2 bridgehead atoms. The number of fused-ring (bicyclic) bond motifs is 4. The zero-order valence-electron chi connectivity index (χ0n) is 8.40. The van der Waals surface area contributed by atoms with Crippen molar-refractivity contribution in [3.05, 3.63) is 16.2 Å². The van der Waals surface area contributed by atoms with Crippen molar-refractivity contribution in [3.8, 4) is 0 Å². The maximum absolute atomic E-state index is 11.0. The van der Waals surface area contributed by atoms with E-state index in [2.05, 4.69) is 31.1 Å². The largest absolute Gasteiger partial charge is 0.476 e. The molecule has 0 unspecified atom stereocenters. The van der Waals surface area contributed by atoms with Crippen LogP contribution in [-0.4, -0.2) is 35.2 Å². The smallest absolute Gasteiger partial charge is 0.355 e. The molecular weight excluding hydrogens is 274 g/mol. The maximum Gasteiger partial charge on any atom is 0.355 e. The van der Waals surface area contributed by atoms with Crippen molar-refractivity contribution in [2.75, 3.05) is 23.3 Å². The zero-order chi connectivity index (χ0) is 11.3. The molecular formula is C10H10BrN3O2. The summed E-state index contributed by atoms with van der Waals surface area (Å²) in [6.45, 7) is 1.98. The van der Waals surface area contributed by atoms with Crippen LogP contribution < -0.4 is 10.2 Å². The first-order chi connectivity index (χ1) is 7.65. The molecule has 0 saturated carbocycles. The monoisotopic (exact) mass is 283 g/mol. The highest BCUT2D eigenvalue weighted by atomic mass is 79.9. The normalized spacial score (nSPS) is 21.6. The summed E-state index contributed by atoms with van der Waals surface area (Å²) in [6.07, 6.45) is 1.08. The summed E-state index contributed by atoms with van der Waals surface area (Å²) in [7, 11) is 0. The van der Waals surface area contributed by atoms with Crippen LogP contribution in [0.15, 0.2) is 10.5 Å². The van der Waals surface area contributed by atoms with Gasteiger partial charge in [0.25, 0.3) is 0 Å². The Kier molecular flexibility index (Phi) is 2.07. The molecule has 1 saturated heterocycles. The predicted octanol–water partition coefficient (Wildman–Crippen LogP) is 1.55. The van der Waals surface area contributed by atoms with E-state index in [-0.39, 0.29) is 5.69 Å². The molecule has 0 aromatic carbocycles. The van der Waals surface area contributed by atoms with Crippen molar-refractivity contribution >= 4 is 33.4 Å². The molecule has 2 aliphatic heterocycles. The van der Waals surface area contributed by atoms with Gasteiger partial charge in [-0.2, -0.15) is 0 Å². The van der Waals surface area contributed by atoms with Gasteiger partial charge in [-0.25, -0.2) is 9.78 Å². The van der Waals surface area contributed by atoms with Gasteiger partial charge in [0, 0.05) is 19.1 Å². The Labute approximate surface area is 101 Å². The number of aromatic carboxylic acids is 1. The Hall–Kier alpha value is -1.30. The number of aromatic nitrogens is 1. The molecule has 3 heterocycles. The quantitative estimate of drug-likeness (QED) is 0.819. The predicted molar refractivity (Wildman–Crippen MR) is 63.1 cm³/mol. The van der Waals surface area contributed by atoms with Crippen LogP contribution in [0.4, 0.5) is 11.5 Å². The fraction of sp³-hybridized carbons (Fsp3) is 0.400. The van der Waals surface area contributed by atoms with Crippen molar-refractivity contribution in [2.24, 2.45) is 0 Å². The molecule has 1 aromatic heterocycles. The first-order valence-corrected chi connectivity index (χ1v) is 5.90. The van der Waals surface area contributed by atoms with Gasteiger partial charge in [0.2, 0.25) is 0 Å². The Bertz CT molecular complexity index is 477. The van der Waals surface area contributed by atoms with Crippen LogP contribution in [0, 0.1) is 0 Å². The van der Waals surface area contributed by atoms with Crippen LogP contribution in [0.2, 0.25) is 0 Å². The van der Waals surface area contributed by atoms with E-state index in [0.29, 0.717) is 16.3 Å². The lowest BCUT2D eigenvalue weighted by atomic mass is 10.2. The fourth-order valence-electron chi connectivity index (χ4n) is 2.27. The van der Waals surface area contributed by atoms with E-state index in [9.17, 15) is 4.79 Å². The minimum Gasteiger partial charge on any atom is -0.476 e. The molecule has 84 valence electrons.